The van der Waals surface area contributed by atoms with Crippen LogP contribution in [0, 0.1) is 6.92 Å². The summed E-state index contributed by atoms with van der Waals surface area (Å²) >= 11 is 0. The molecule has 0 N–H and O–H groups in total. The van der Waals surface area contributed by atoms with Crippen molar-refractivity contribution in [3.8, 4) is 0 Å². The van der Waals surface area contributed by atoms with Gasteiger partial charge in [-0.1, -0.05) is 13.0 Å². The number of halogens is 3. The maximum atomic E-state index is 12.6. The number of hydrogen-bond acceptors (Lipinski definition) is 1. The standard InChI is InChI=1S/C13H17F3O/c1-4-7-17-10(3)12-8-11(13(14,15)16)6-5-9(12)2/h5-6,8,10H,4,7H2,1-3H3. The van der Waals surface area contributed by atoms with E-state index in [9.17, 15) is 13.2 Å². The summed E-state index contributed by atoms with van der Waals surface area (Å²) in [5, 5.41) is 0. The summed E-state index contributed by atoms with van der Waals surface area (Å²) in [4.78, 5) is 0. The van der Waals surface area contributed by atoms with E-state index in [1.807, 2.05) is 6.92 Å². The van der Waals surface area contributed by atoms with E-state index >= 15 is 0 Å². The van der Waals surface area contributed by atoms with Crippen LogP contribution in [0.15, 0.2) is 18.2 Å². The predicted molar refractivity (Wildman–Crippen MR) is 60.8 cm³/mol. The molecule has 0 aliphatic carbocycles. The van der Waals surface area contributed by atoms with Crippen LogP contribution < -0.4 is 0 Å². The molecule has 96 valence electrons. The van der Waals surface area contributed by atoms with Gasteiger partial charge in [0.25, 0.3) is 0 Å². The fourth-order valence-electron chi connectivity index (χ4n) is 1.64. The van der Waals surface area contributed by atoms with Crippen LogP contribution in [0.1, 0.15) is 43.1 Å². The Hall–Kier alpha value is -1.03. The van der Waals surface area contributed by atoms with Crippen molar-refractivity contribution < 1.29 is 17.9 Å². The molecule has 0 amide bonds. The van der Waals surface area contributed by atoms with Gasteiger partial charge in [0.1, 0.15) is 0 Å². The normalized spacial score (nSPS) is 13.8. The Bertz CT molecular complexity index is 371. The minimum absolute atomic E-state index is 0.308. The minimum atomic E-state index is -4.30. The Morgan fingerprint density at radius 2 is 1.94 bits per heavy atom. The SMILES string of the molecule is CCCOC(C)c1cc(C(F)(F)F)ccc1C. The zero-order valence-corrected chi connectivity index (χ0v) is 10.3. The van der Waals surface area contributed by atoms with Crippen molar-refractivity contribution in [1.29, 1.82) is 0 Å². The second kappa shape index (κ2) is 5.54. The molecule has 1 nitrogen and oxygen atoms in total. The summed E-state index contributed by atoms with van der Waals surface area (Å²) < 4.78 is 43.2. The van der Waals surface area contributed by atoms with Crippen LogP contribution in [0.3, 0.4) is 0 Å². The summed E-state index contributed by atoms with van der Waals surface area (Å²) in [5.74, 6) is 0. The van der Waals surface area contributed by atoms with E-state index in [1.54, 1.807) is 13.8 Å². The van der Waals surface area contributed by atoms with Gasteiger partial charge in [-0.15, -0.1) is 0 Å². The highest BCUT2D eigenvalue weighted by molar-refractivity contribution is 5.34. The molecule has 0 radical (unpaired) electrons. The third-order valence-electron chi connectivity index (χ3n) is 2.62. The van der Waals surface area contributed by atoms with E-state index in [2.05, 4.69) is 0 Å². The zero-order chi connectivity index (χ0) is 13.1. The quantitative estimate of drug-likeness (QED) is 0.760. The van der Waals surface area contributed by atoms with E-state index in [4.69, 9.17) is 4.74 Å². The van der Waals surface area contributed by atoms with Gasteiger partial charge in [-0.2, -0.15) is 13.2 Å². The molecule has 17 heavy (non-hydrogen) atoms. The summed E-state index contributed by atoms with van der Waals surface area (Å²) in [6.45, 7) is 6.09. The van der Waals surface area contributed by atoms with Crippen LogP contribution in [0.5, 0.6) is 0 Å². The first kappa shape index (κ1) is 14.0. The molecule has 1 aromatic rings. The zero-order valence-electron chi connectivity index (χ0n) is 10.3. The van der Waals surface area contributed by atoms with Gasteiger partial charge in [0, 0.05) is 6.61 Å². The van der Waals surface area contributed by atoms with Crippen LogP contribution >= 0.6 is 0 Å². The second-order valence-corrected chi connectivity index (χ2v) is 4.08. The highest BCUT2D eigenvalue weighted by Gasteiger charge is 2.31. The molecular formula is C13H17F3O. The van der Waals surface area contributed by atoms with Gasteiger partial charge in [-0.25, -0.2) is 0 Å². The molecule has 0 bridgehead atoms. The monoisotopic (exact) mass is 246 g/mol. The van der Waals surface area contributed by atoms with E-state index in [0.29, 0.717) is 12.2 Å². The maximum absolute atomic E-state index is 12.6. The molecule has 1 rings (SSSR count). The number of aryl methyl sites for hydroxylation is 1. The van der Waals surface area contributed by atoms with Crippen molar-refractivity contribution in [2.75, 3.05) is 6.61 Å². The molecule has 0 aliphatic rings. The average molecular weight is 246 g/mol. The van der Waals surface area contributed by atoms with Gasteiger partial charge in [-0.3, -0.25) is 0 Å². The summed E-state index contributed by atoms with van der Waals surface area (Å²) in [7, 11) is 0. The Labute approximate surface area is 99.6 Å². The lowest BCUT2D eigenvalue weighted by atomic mass is 10.0. The van der Waals surface area contributed by atoms with E-state index in [-0.39, 0.29) is 6.10 Å². The van der Waals surface area contributed by atoms with E-state index in [1.165, 1.54) is 12.1 Å². The number of benzene rings is 1. The first-order valence-electron chi connectivity index (χ1n) is 5.65. The first-order chi connectivity index (χ1) is 7.86. The van der Waals surface area contributed by atoms with Crippen LogP contribution in [0.2, 0.25) is 0 Å². The highest BCUT2D eigenvalue weighted by Crippen LogP contribution is 2.32. The summed E-state index contributed by atoms with van der Waals surface area (Å²) in [6.07, 6.45) is -3.76. The first-order valence-corrected chi connectivity index (χ1v) is 5.65. The van der Waals surface area contributed by atoms with Crippen LogP contribution in [0.25, 0.3) is 0 Å². The van der Waals surface area contributed by atoms with Gasteiger partial charge in [-0.05, 0) is 43.5 Å². The molecule has 0 fully saturated rings. The minimum Gasteiger partial charge on any atom is -0.374 e. The van der Waals surface area contributed by atoms with Gasteiger partial charge in [0.05, 0.1) is 11.7 Å². The van der Waals surface area contributed by atoms with Crippen LogP contribution in [-0.4, -0.2) is 6.61 Å². The van der Waals surface area contributed by atoms with Crippen molar-refractivity contribution in [2.45, 2.75) is 39.5 Å². The fourth-order valence-corrected chi connectivity index (χ4v) is 1.64. The molecule has 1 unspecified atom stereocenters. The van der Waals surface area contributed by atoms with Gasteiger partial charge < -0.3 is 4.74 Å². The predicted octanol–water partition coefficient (Wildman–Crippen LogP) is 4.50. The van der Waals surface area contributed by atoms with E-state index < -0.39 is 11.7 Å². The molecule has 4 heteroatoms. The fraction of sp³-hybridized carbons (Fsp3) is 0.538. The molecule has 1 atom stereocenters. The van der Waals surface area contributed by atoms with Crippen molar-refractivity contribution in [3.05, 3.63) is 34.9 Å². The van der Waals surface area contributed by atoms with Crippen molar-refractivity contribution in [2.24, 2.45) is 0 Å². The average Bonchev–Trinajstić information content (AvgIpc) is 2.24. The summed E-state index contributed by atoms with van der Waals surface area (Å²) in [5.41, 5.74) is 0.805. The molecular weight excluding hydrogens is 229 g/mol. The molecule has 0 aliphatic heterocycles. The van der Waals surface area contributed by atoms with E-state index in [0.717, 1.165) is 18.1 Å². The largest absolute Gasteiger partial charge is 0.416 e. The number of rotatable bonds is 4. The maximum Gasteiger partial charge on any atom is 0.416 e. The molecule has 0 saturated heterocycles. The Kier molecular flexibility index (Phi) is 4.57. The molecule has 1 aromatic carbocycles. The molecule has 0 heterocycles. The molecule has 0 saturated carbocycles. The molecule has 0 aromatic heterocycles. The van der Waals surface area contributed by atoms with Gasteiger partial charge >= 0.3 is 6.18 Å². The topological polar surface area (TPSA) is 9.23 Å². The number of alkyl halides is 3. The lowest BCUT2D eigenvalue weighted by Crippen LogP contribution is -2.09. The van der Waals surface area contributed by atoms with Crippen molar-refractivity contribution >= 4 is 0 Å². The number of ether oxygens (including phenoxy) is 1. The molecule has 0 spiro atoms. The number of hydrogen-bond donors (Lipinski definition) is 0. The second-order valence-electron chi connectivity index (χ2n) is 4.08. The third kappa shape index (κ3) is 3.73. The van der Waals surface area contributed by atoms with Crippen molar-refractivity contribution in [3.63, 3.8) is 0 Å². The lowest BCUT2D eigenvalue weighted by molar-refractivity contribution is -0.137. The van der Waals surface area contributed by atoms with Crippen LogP contribution in [0.4, 0.5) is 13.2 Å². The Balaban J connectivity index is 2.98. The Morgan fingerprint density at radius 1 is 1.29 bits per heavy atom. The smallest absolute Gasteiger partial charge is 0.374 e. The highest BCUT2D eigenvalue weighted by atomic mass is 19.4. The van der Waals surface area contributed by atoms with Crippen molar-refractivity contribution in [1.82, 2.24) is 0 Å². The summed E-state index contributed by atoms with van der Waals surface area (Å²) in [6, 6.07) is 3.77. The van der Waals surface area contributed by atoms with Gasteiger partial charge in [0.15, 0.2) is 0 Å². The van der Waals surface area contributed by atoms with Crippen LogP contribution in [-0.2, 0) is 10.9 Å². The van der Waals surface area contributed by atoms with Gasteiger partial charge in [0.2, 0.25) is 0 Å². The third-order valence-corrected chi connectivity index (χ3v) is 2.62. The Morgan fingerprint density at radius 3 is 2.47 bits per heavy atom. The lowest BCUT2D eigenvalue weighted by Gasteiger charge is -2.17.